The molecule has 2 N–H and O–H groups in total. The summed E-state index contributed by atoms with van der Waals surface area (Å²) in [5.74, 6) is 0. The lowest BCUT2D eigenvalue weighted by Crippen LogP contribution is -2.05. The molecule has 0 saturated carbocycles. The van der Waals surface area contributed by atoms with Gasteiger partial charge in [-0.1, -0.05) is 0 Å². The molecule has 0 radical (unpaired) electrons. The second-order valence-corrected chi connectivity index (χ2v) is 5.44. The van der Waals surface area contributed by atoms with E-state index in [4.69, 9.17) is 10.2 Å². The Labute approximate surface area is 91.4 Å². The molecule has 2 rings (SSSR count). The van der Waals surface area contributed by atoms with E-state index in [0.29, 0.717) is 11.1 Å². The summed E-state index contributed by atoms with van der Waals surface area (Å²) in [4.78, 5) is 11.1. The minimum Gasteiger partial charge on any atom is -0.423 e. The van der Waals surface area contributed by atoms with Crippen LogP contribution in [0.4, 0.5) is 5.69 Å². The maximum Gasteiger partial charge on any atom is 0.337 e. The Balaban J connectivity index is 3.00. The number of anilines is 1. The zero-order valence-corrected chi connectivity index (χ0v) is 9.24. The number of rotatable bonds is 1. The summed E-state index contributed by atoms with van der Waals surface area (Å²) in [7, 11) is -3.47. The van der Waals surface area contributed by atoms with E-state index in [-0.39, 0.29) is 10.5 Å². The van der Waals surface area contributed by atoms with Crippen LogP contribution in [0, 0.1) is 0 Å². The molecule has 0 atom stereocenters. The number of nitrogens with two attached hydrogens (primary N) is 1. The smallest absolute Gasteiger partial charge is 0.337 e. The van der Waals surface area contributed by atoms with Crippen molar-refractivity contribution in [3.63, 3.8) is 0 Å². The van der Waals surface area contributed by atoms with E-state index in [9.17, 15) is 13.2 Å². The van der Waals surface area contributed by atoms with Gasteiger partial charge in [-0.2, -0.15) is 0 Å². The van der Waals surface area contributed by atoms with Gasteiger partial charge in [-0.05, 0) is 12.1 Å². The van der Waals surface area contributed by atoms with Crippen molar-refractivity contribution in [3.05, 3.63) is 34.7 Å². The molecule has 0 saturated heterocycles. The first-order valence-corrected chi connectivity index (χ1v) is 6.30. The van der Waals surface area contributed by atoms with Crippen molar-refractivity contribution in [3.8, 4) is 0 Å². The maximum atomic E-state index is 11.5. The summed E-state index contributed by atoms with van der Waals surface area (Å²) in [6.07, 6.45) is 1.04. The van der Waals surface area contributed by atoms with Crippen LogP contribution in [0.3, 0.4) is 0 Å². The highest BCUT2D eigenvalue weighted by atomic mass is 32.2. The Bertz CT molecular complexity index is 715. The van der Waals surface area contributed by atoms with E-state index in [1.807, 2.05) is 0 Å². The Morgan fingerprint density at radius 2 is 1.94 bits per heavy atom. The number of nitrogen functional groups attached to an aromatic ring is 1. The van der Waals surface area contributed by atoms with Gasteiger partial charge in [0.05, 0.1) is 4.90 Å². The average Bonchev–Trinajstić information content (AvgIpc) is 2.14. The molecule has 0 unspecified atom stereocenters. The van der Waals surface area contributed by atoms with Gasteiger partial charge in [-0.25, -0.2) is 13.2 Å². The van der Waals surface area contributed by atoms with Crippen molar-refractivity contribution in [2.45, 2.75) is 4.90 Å². The normalized spacial score (nSPS) is 11.8. The molecule has 5 nitrogen and oxygen atoms in total. The van der Waals surface area contributed by atoms with Crippen LogP contribution in [0.2, 0.25) is 0 Å². The first-order valence-electron chi connectivity index (χ1n) is 4.41. The highest BCUT2D eigenvalue weighted by Crippen LogP contribution is 2.22. The Morgan fingerprint density at radius 1 is 1.25 bits per heavy atom. The van der Waals surface area contributed by atoms with Gasteiger partial charge >= 0.3 is 5.63 Å². The van der Waals surface area contributed by atoms with Crippen LogP contribution < -0.4 is 11.4 Å². The SMILES string of the molecule is CS(=O)(=O)c1cc(=O)oc2cc(N)ccc12. The van der Waals surface area contributed by atoms with Crippen molar-refractivity contribution < 1.29 is 12.8 Å². The lowest BCUT2D eigenvalue weighted by molar-refractivity contribution is 0.554. The summed E-state index contributed by atoms with van der Waals surface area (Å²) >= 11 is 0. The van der Waals surface area contributed by atoms with Gasteiger partial charge < -0.3 is 10.2 Å². The van der Waals surface area contributed by atoms with Gasteiger partial charge in [0, 0.05) is 29.5 Å². The second kappa shape index (κ2) is 3.34. The third-order valence-corrected chi connectivity index (χ3v) is 3.27. The molecule has 2 aromatic rings. The van der Waals surface area contributed by atoms with Crippen LogP contribution in [0.5, 0.6) is 0 Å². The standard InChI is InChI=1S/C10H9NO4S/c1-16(13,14)9-5-10(12)15-8-4-6(11)2-3-7(8)9/h2-5H,11H2,1H3. The third-order valence-electron chi connectivity index (χ3n) is 2.13. The lowest BCUT2D eigenvalue weighted by Gasteiger charge is -2.03. The second-order valence-electron chi connectivity index (χ2n) is 3.46. The molecule has 0 aliphatic heterocycles. The van der Waals surface area contributed by atoms with Gasteiger partial charge in [-0.3, -0.25) is 0 Å². The first-order chi connectivity index (χ1) is 7.38. The topological polar surface area (TPSA) is 90.4 Å². The largest absolute Gasteiger partial charge is 0.423 e. The molecule has 0 fully saturated rings. The van der Waals surface area contributed by atoms with E-state index in [1.54, 1.807) is 6.07 Å². The van der Waals surface area contributed by atoms with Gasteiger partial charge in [0.1, 0.15) is 5.58 Å². The van der Waals surface area contributed by atoms with Crippen LogP contribution in [0.1, 0.15) is 0 Å². The highest BCUT2D eigenvalue weighted by Gasteiger charge is 2.14. The number of sulfone groups is 1. The van der Waals surface area contributed by atoms with Gasteiger partial charge in [0.25, 0.3) is 0 Å². The zero-order chi connectivity index (χ0) is 11.9. The van der Waals surface area contributed by atoms with E-state index in [1.165, 1.54) is 12.1 Å². The average molecular weight is 239 g/mol. The molecule has 0 aliphatic carbocycles. The minimum absolute atomic E-state index is 0.0428. The van der Waals surface area contributed by atoms with Crippen molar-refractivity contribution in [1.29, 1.82) is 0 Å². The summed E-state index contributed by atoms with van der Waals surface area (Å²) in [5, 5.41) is 0.358. The fraction of sp³-hybridized carbons (Fsp3) is 0.100. The summed E-state index contributed by atoms with van der Waals surface area (Å²) in [6, 6.07) is 5.46. The Kier molecular flexibility index (Phi) is 2.23. The molecule has 0 spiro atoms. The predicted molar refractivity (Wildman–Crippen MR) is 60.0 cm³/mol. The van der Waals surface area contributed by atoms with Crippen molar-refractivity contribution in [2.75, 3.05) is 12.0 Å². The molecular formula is C10H9NO4S. The lowest BCUT2D eigenvalue weighted by atomic mass is 10.2. The zero-order valence-electron chi connectivity index (χ0n) is 8.43. The molecule has 0 bridgehead atoms. The molecule has 1 heterocycles. The van der Waals surface area contributed by atoms with Gasteiger partial charge in [0.15, 0.2) is 9.84 Å². The minimum atomic E-state index is -3.47. The fourth-order valence-corrected chi connectivity index (χ4v) is 2.33. The van der Waals surface area contributed by atoms with Crippen molar-refractivity contribution >= 4 is 26.5 Å². The van der Waals surface area contributed by atoms with E-state index in [2.05, 4.69) is 0 Å². The number of hydrogen-bond acceptors (Lipinski definition) is 5. The van der Waals surface area contributed by atoms with Crippen LogP contribution in [-0.2, 0) is 9.84 Å². The highest BCUT2D eigenvalue weighted by molar-refractivity contribution is 7.91. The first kappa shape index (κ1) is 10.7. The molecule has 0 amide bonds. The summed E-state index contributed by atoms with van der Waals surface area (Å²) < 4.78 is 27.8. The molecule has 6 heteroatoms. The van der Waals surface area contributed by atoms with Gasteiger partial charge in [0.2, 0.25) is 0 Å². The molecule has 1 aromatic heterocycles. The monoisotopic (exact) mass is 239 g/mol. The summed E-state index contributed by atoms with van der Waals surface area (Å²) in [5.41, 5.74) is 5.39. The quantitative estimate of drug-likeness (QED) is 0.586. The third kappa shape index (κ3) is 1.79. The van der Waals surface area contributed by atoms with Crippen molar-refractivity contribution in [1.82, 2.24) is 0 Å². The van der Waals surface area contributed by atoms with E-state index < -0.39 is 15.5 Å². The van der Waals surface area contributed by atoms with Crippen LogP contribution in [-0.4, -0.2) is 14.7 Å². The van der Waals surface area contributed by atoms with Crippen LogP contribution >= 0.6 is 0 Å². The fourth-order valence-electron chi connectivity index (χ4n) is 1.46. The summed E-state index contributed by atoms with van der Waals surface area (Å²) in [6.45, 7) is 0. The number of hydrogen-bond donors (Lipinski definition) is 1. The van der Waals surface area contributed by atoms with Gasteiger partial charge in [-0.15, -0.1) is 0 Å². The molecule has 16 heavy (non-hydrogen) atoms. The number of benzene rings is 1. The Hall–Kier alpha value is -1.82. The Morgan fingerprint density at radius 3 is 2.56 bits per heavy atom. The van der Waals surface area contributed by atoms with E-state index in [0.717, 1.165) is 12.3 Å². The maximum absolute atomic E-state index is 11.5. The predicted octanol–water partition coefficient (Wildman–Crippen LogP) is 0.779. The molecule has 84 valence electrons. The number of fused-ring (bicyclic) bond motifs is 1. The molecule has 0 aliphatic rings. The van der Waals surface area contributed by atoms with Crippen LogP contribution in [0.15, 0.2) is 38.4 Å². The van der Waals surface area contributed by atoms with Crippen LogP contribution in [0.25, 0.3) is 11.0 Å². The van der Waals surface area contributed by atoms with E-state index >= 15 is 0 Å². The molecular weight excluding hydrogens is 230 g/mol. The molecule has 1 aromatic carbocycles. The van der Waals surface area contributed by atoms with Crippen molar-refractivity contribution in [2.24, 2.45) is 0 Å².